The van der Waals surface area contributed by atoms with Crippen LogP contribution in [0.4, 0.5) is 24.5 Å². The second-order valence-electron chi connectivity index (χ2n) is 5.61. The number of benzene rings is 1. The number of hydrogen-bond donors (Lipinski definition) is 1. The topological polar surface area (TPSA) is 44.6 Å². The maximum absolute atomic E-state index is 12.3. The molecular weight excluding hydrogens is 273 g/mol. The third-order valence-corrected chi connectivity index (χ3v) is 2.85. The van der Waals surface area contributed by atoms with Crippen molar-refractivity contribution in [3.63, 3.8) is 0 Å². The van der Waals surface area contributed by atoms with Gasteiger partial charge in [-0.3, -0.25) is 4.79 Å². The summed E-state index contributed by atoms with van der Waals surface area (Å²) in [5.74, 6) is -1.98. The van der Waals surface area contributed by atoms with Crippen molar-refractivity contribution in [3.8, 4) is 0 Å². The van der Waals surface area contributed by atoms with Gasteiger partial charge in [0.25, 0.3) is 0 Å². The van der Waals surface area contributed by atoms with Gasteiger partial charge in [0, 0.05) is 7.11 Å². The van der Waals surface area contributed by atoms with Crippen molar-refractivity contribution in [1.29, 1.82) is 0 Å². The highest BCUT2D eigenvalue weighted by molar-refractivity contribution is 5.95. The summed E-state index contributed by atoms with van der Waals surface area (Å²) < 4.78 is 36.9. The molecule has 1 amide bonds. The molecule has 0 spiro atoms. The largest absolute Gasteiger partial charge is 0.471 e. The van der Waals surface area contributed by atoms with Crippen LogP contribution in [0.3, 0.4) is 0 Å². The van der Waals surface area contributed by atoms with Crippen LogP contribution in [-0.2, 0) is 15.0 Å². The Balaban J connectivity index is 0.00000220. The first-order valence-electron chi connectivity index (χ1n) is 6.01. The molecule has 0 atom stereocenters. The van der Waals surface area contributed by atoms with Gasteiger partial charge in [0.1, 0.15) is 0 Å². The lowest BCUT2D eigenvalue weighted by molar-refractivity contribution is -0.167. The second-order valence-corrected chi connectivity index (χ2v) is 5.61. The van der Waals surface area contributed by atoms with E-state index in [-0.39, 0.29) is 12.5 Å². The molecule has 2 rings (SSSR count). The molecule has 7 heteroatoms. The number of halogens is 3. The zero-order chi connectivity index (χ0) is 15.1. The van der Waals surface area contributed by atoms with E-state index in [1.165, 1.54) is 17.2 Å². The lowest BCUT2D eigenvalue weighted by Gasteiger charge is -2.21. The average molecular weight is 290 g/mol. The van der Waals surface area contributed by atoms with Gasteiger partial charge in [-0.25, -0.2) is 9.90 Å². The van der Waals surface area contributed by atoms with Crippen LogP contribution in [0.2, 0.25) is 0 Å². The molecule has 0 saturated carbocycles. The standard InChI is InChI=1S/C13H15F3N2O2.H2/c1-12(2,3)8-4-9(17-11(19)13(14,15)16)6-10(5-8)18-7-20-18;/h4-6H,7H2,1-3H3,(H,17,19);1H. The highest BCUT2D eigenvalue weighted by atomic mass is 19.4. The van der Waals surface area contributed by atoms with Gasteiger partial charge < -0.3 is 5.32 Å². The molecule has 4 nitrogen and oxygen atoms in total. The Hall–Kier alpha value is -1.76. The minimum absolute atomic E-state index is 0. The zero-order valence-electron chi connectivity index (χ0n) is 11.3. The summed E-state index contributed by atoms with van der Waals surface area (Å²) in [6.07, 6.45) is -4.91. The van der Waals surface area contributed by atoms with Crippen LogP contribution in [0, 0.1) is 0 Å². The molecule has 0 radical (unpaired) electrons. The lowest BCUT2D eigenvalue weighted by Crippen LogP contribution is -2.30. The summed E-state index contributed by atoms with van der Waals surface area (Å²) in [5.41, 5.74) is 1.27. The Morgan fingerprint density at radius 1 is 1.30 bits per heavy atom. The molecule has 1 saturated heterocycles. The normalized spacial score (nSPS) is 15.2. The van der Waals surface area contributed by atoms with Crippen molar-refractivity contribution in [2.45, 2.75) is 32.4 Å². The van der Waals surface area contributed by atoms with E-state index in [0.29, 0.717) is 12.4 Å². The molecule has 1 N–H and O–H groups in total. The fourth-order valence-corrected chi connectivity index (χ4v) is 1.64. The highest BCUT2D eigenvalue weighted by Gasteiger charge is 2.39. The molecule has 1 aromatic carbocycles. The molecular formula is C13H17F3N2O2. The van der Waals surface area contributed by atoms with E-state index in [1.807, 2.05) is 32.2 Å². The average Bonchev–Trinajstić information content (AvgIpc) is 3.09. The third kappa shape index (κ3) is 3.41. The Morgan fingerprint density at radius 3 is 2.35 bits per heavy atom. The quantitative estimate of drug-likeness (QED) is 0.849. The molecule has 1 aliphatic rings. The van der Waals surface area contributed by atoms with E-state index >= 15 is 0 Å². The van der Waals surface area contributed by atoms with Gasteiger partial charge in [-0.05, 0) is 29.2 Å². The summed E-state index contributed by atoms with van der Waals surface area (Å²) in [6, 6.07) is 4.82. The Morgan fingerprint density at radius 2 is 1.90 bits per heavy atom. The van der Waals surface area contributed by atoms with Crippen molar-refractivity contribution in [2.75, 3.05) is 17.1 Å². The van der Waals surface area contributed by atoms with E-state index in [1.54, 1.807) is 0 Å². The molecule has 1 fully saturated rings. The fraction of sp³-hybridized carbons (Fsp3) is 0.462. The first-order chi connectivity index (χ1) is 9.07. The van der Waals surface area contributed by atoms with Crippen LogP contribution in [0.25, 0.3) is 0 Å². The van der Waals surface area contributed by atoms with E-state index < -0.39 is 12.1 Å². The summed E-state index contributed by atoms with van der Waals surface area (Å²) in [4.78, 5) is 16.0. The minimum atomic E-state index is -4.91. The first kappa shape index (κ1) is 14.6. The molecule has 20 heavy (non-hydrogen) atoms. The molecule has 1 aromatic rings. The van der Waals surface area contributed by atoms with Crippen LogP contribution in [0.15, 0.2) is 18.2 Å². The van der Waals surface area contributed by atoms with Gasteiger partial charge >= 0.3 is 12.1 Å². The van der Waals surface area contributed by atoms with Crippen molar-refractivity contribution < 1.29 is 24.2 Å². The van der Waals surface area contributed by atoms with E-state index in [9.17, 15) is 18.0 Å². The second kappa shape index (κ2) is 4.66. The molecule has 0 bridgehead atoms. The number of anilines is 2. The number of nitrogens with zero attached hydrogens (tertiary/aromatic N) is 1. The van der Waals surface area contributed by atoms with Gasteiger partial charge in [0.15, 0.2) is 6.73 Å². The number of carbonyl (C=O) groups excluding carboxylic acids is 1. The maximum Gasteiger partial charge on any atom is 0.471 e. The summed E-state index contributed by atoms with van der Waals surface area (Å²) in [7, 11) is 0. The number of amides is 1. The van der Waals surface area contributed by atoms with Gasteiger partial charge in [-0.2, -0.15) is 13.2 Å². The van der Waals surface area contributed by atoms with Crippen molar-refractivity contribution >= 4 is 17.3 Å². The van der Waals surface area contributed by atoms with Gasteiger partial charge in [0.2, 0.25) is 0 Å². The van der Waals surface area contributed by atoms with E-state index in [2.05, 4.69) is 0 Å². The fourth-order valence-electron chi connectivity index (χ4n) is 1.64. The van der Waals surface area contributed by atoms with E-state index in [0.717, 1.165) is 5.56 Å². The molecule has 0 aromatic heterocycles. The number of hydrogen-bond acceptors (Lipinski definition) is 3. The monoisotopic (exact) mass is 290 g/mol. The summed E-state index contributed by atoms with van der Waals surface area (Å²) in [6.45, 7) is 6.19. The molecule has 112 valence electrons. The lowest BCUT2D eigenvalue weighted by atomic mass is 9.86. The number of alkyl halides is 3. The van der Waals surface area contributed by atoms with Crippen molar-refractivity contribution in [1.82, 2.24) is 0 Å². The summed E-state index contributed by atoms with van der Waals surface area (Å²) in [5, 5.41) is 3.40. The molecule has 1 aliphatic heterocycles. The number of rotatable bonds is 2. The third-order valence-electron chi connectivity index (χ3n) is 2.85. The predicted octanol–water partition coefficient (Wildman–Crippen LogP) is 3.44. The smallest absolute Gasteiger partial charge is 0.318 e. The maximum atomic E-state index is 12.3. The van der Waals surface area contributed by atoms with Crippen LogP contribution in [0.1, 0.15) is 27.8 Å². The van der Waals surface area contributed by atoms with Gasteiger partial charge in [-0.15, -0.1) is 0 Å². The number of hydroxylamine groups is 1. The van der Waals surface area contributed by atoms with Crippen molar-refractivity contribution in [3.05, 3.63) is 23.8 Å². The highest BCUT2D eigenvalue weighted by Crippen LogP contribution is 2.33. The molecule has 0 aliphatic carbocycles. The predicted molar refractivity (Wildman–Crippen MR) is 70.4 cm³/mol. The van der Waals surface area contributed by atoms with Crippen LogP contribution < -0.4 is 10.4 Å². The Labute approximate surface area is 116 Å². The van der Waals surface area contributed by atoms with E-state index in [4.69, 9.17) is 4.84 Å². The van der Waals surface area contributed by atoms with Crippen molar-refractivity contribution in [2.24, 2.45) is 0 Å². The molecule has 1 heterocycles. The van der Waals surface area contributed by atoms with Crippen LogP contribution in [0.5, 0.6) is 0 Å². The SMILES string of the molecule is CC(C)(C)c1cc(NC(=O)C(F)(F)F)cc(N2CO2)c1.[HH]. The molecule has 0 unspecified atom stereocenters. The van der Waals surface area contributed by atoms with Gasteiger partial charge in [0.05, 0.1) is 5.69 Å². The first-order valence-corrected chi connectivity index (χ1v) is 6.01. The minimum Gasteiger partial charge on any atom is -0.318 e. The van der Waals surface area contributed by atoms with Crippen LogP contribution >= 0.6 is 0 Å². The Kier molecular flexibility index (Phi) is 3.41. The Bertz CT molecular complexity index is 537. The van der Waals surface area contributed by atoms with Gasteiger partial charge in [-0.1, -0.05) is 20.8 Å². The van der Waals surface area contributed by atoms with Crippen LogP contribution in [-0.4, -0.2) is 18.8 Å². The number of carbonyl (C=O) groups is 1. The number of nitrogens with one attached hydrogen (secondary N) is 1. The summed E-state index contributed by atoms with van der Waals surface area (Å²) >= 11 is 0. The zero-order valence-corrected chi connectivity index (χ0v) is 11.3.